The van der Waals surface area contributed by atoms with Crippen LogP contribution in [0, 0.1) is 16.7 Å². The van der Waals surface area contributed by atoms with Crippen LogP contribution in [0.5, 0.6) is 0 Å². The minimum absolute atomic E-state index is 0.137. The van der Waals surface area contributed by atoms with E-state index in [1.54, 1.807) is 0 Å². The summed E-state index contributed by atoms with van der Waals surface area (Å²) in [5.41, 5.74) is -0.433. The summed E-state index contributed by atoms with van der Waals surface area (Å²) in [6, 6.07) is 9.60. The zero-order chi connectivity index (χ0) is 15.5. The van der Waals surface area contributed by atoms with Gasteiger partial charge in [-0.3, -0.25) is 9.35 Å². The maximum Gasteiger partial charge on any atom is 0.329 e. The Morgan fingerprint density at radius 3 is 2.38 bits per heavy atom. The van der Waals surface area contributed by atoms with E-state index in [0.29, 0.717) is 12.3 Å². The van der Waals surface area contributed by atoms with Gasteiger partial charge in [0.25, 0.3) is 5.12 Å². The summed E-state index contributed by atoms with van der Waals surface area (Å²) in [5, 5.41) is -0.992. The predicted octanol–water partition coefficient (Wildman–Crippen LogP) is 3.01. The Kier molecular flexibility index (Phi) is 3.08. The molecule has 114 valence electrons. The standard InChI is InChI=1S/C16H20O4S/c1-15(2)12-8-9-16(15,14(17)21(18,19)20)13(10-12)11-6-4-3-5-7-11/h3-7,12-13H,8-10H2,1-2H3,(H,18,19,20). The monoisotopic (exact) mass is 308 g/mol. The molecule has 3 rings (SSSR count). The predicted molar refractivity (Wildman–Crippen MR) is 79.3 cm³/mol. The molecule has 0 spiro atoms. The third kappa shape index (κ3) is 1.83. The van der Waals surface area contributed by atoms with Gasteiger partial charge in [-0.25, -0.2) is 0 Å². The first-order valence-corrected chi connectivity index (χ1v) is 8.72. The fraction of sp³-hybridized carbons (Fsp3) is 0.562. The van der Waals surface area contributed by atoms with Crippen LogP contribution >= 0.6 is 0 Å². The summed E-state index contributed by atoms with van der Waals surface area (Å²) in [6.45, 7) is 3.94. The average molecular weight is 308 g/mol. The van der Waals surface area contributed by atoms with Gasteiger partial charge in [0.05, 0.1) is 5.41 Å². The second kappa shape index (κ2) is 4.40. The molecule has 3 atom stereocenters. The molecular weight excluding hydrogens is 288 g/mol. The molecule has 3 unspecified atom stereocenters. The van der Waals surface area contributed by atoms with Crippen LogP contribution in [-0.4, -0.2) is 18.1 Å². The highest BCUT2D eigenvalue weighted by atomic mass is 32.2. The summed E-state index contributed by atoms with van der Waals surface area (Å²) < 4.78 is 32.5. The first-order chi connectivity index (χ1) is 9.71. The Bertz CT molecular complexity index is 677. The van der Waals surface area contributed by atoms with Crippen LogP contribution in [-0.2, 0) is 14.9 Å². The third-order valence-corrected chi connectivity index (χ3v) is 6.81. The van der Waals surface area contributed by atoms with Crippen LogP contribution in [0.1, 0.15) is 44.6 Å². The van der Waals surface area contributed by atoms with E-state index in [1.165, 1.54) is 0 Å². The van der Waals surface area contributed by atoms with Gasteiger partial charge in [0.2, 0.25) is 0 Å². The van der Waals surface area contributed by atoms with Crippen LogP contribution in [0.15, 0.2) is 30.3 Å². The lowest BCUT2D eigenvalue weighted by Crippen LogP contribution is -2.45. The fourth-order valence-corrected chi connectivity index (χ4v) is 5.78. The van der Waals surface area contributed by atoms with Gasteiger partial charge in [-0.15, -0.1) is 0 Å². The Morgan fingerprint density at radius 1 is 1.24 bits per heavy atom. The Balaban J connectivity index is 2.18. The van der Waals surface area contributed by atoms with E-state index in [0.717, 1.165) is 18.4 Å². The van der Waals surface area contributed by atoms with Gasteiger partial charge in [-0.05, 0) is 42.1 Å². The van der Waals surface area contributed by atoms with Gasteiger partial charge in [-0.1, -0.05) is 44.2 Å². The number of benzene rings is 1. The first kappa shape index (κ1) is 14.7. The third-order valence-electron chi connectivity index (χ3n) is 5.97. The van der Waals surface area contributed by atoms with Crippen LogP contribution < -0.4 is 0 Å². The van der Waals surface area contributed by atoms with Crippen molar-refractivity contribution in [3.05, 3.63) is 35.9 Å². The van der Waals surface area contributed by atoms with Gasteiger partial charge < -0.3 is 0 Å². The van der Waals surface area contributed by atoms with Crippen molar-refractivity contribution in [3.8, 4) is 0 Å². The molecule has 2 saturated carbocycles. The summed E-state index contributed by atoms with van der Waals surface area (Å²) in [5.74, 6) is 0.176. The molecule has 2 bridgehead atoms. The number of hydrogen-bond acceptors (Lipinski definition) is 3. The second-order valence-electron chi connectivity index (χ2n) is 6.89. The van der Waals surface area contributed by atoms with Crippen LogP contribution in [0.25, 0.3) is 0 Å². The van der Waals surface area contributed by atoms with E-state index >= 15 is 0 Å². The topological polar surface area (TPSA) is 71.4 Å². The molecule has 4 nitrogen and oxygen atoms in total. The van der Waals surface area contributed by atoms with Crippen molar-refractivity contribution < 1.29 is 17.8 Å². The Labute approximate surface area is 125 Å². The maximum absolute atomic E-state index is 12.6. The summed E-state index contributed by atoms with van der Waals surface area (Å²) in [6.07, 6.45) is 2.18. The lowest BCUT2D eigenvalue weighted by Gasteiger charge is -2.40. The number of fused-ring (bicyclic) bond motifs is 2. The molecule has 0 radical (unpaired) electrons. The van der Waals surface area contributed by atoms with Gasteiger partial charge >= 0.3 is 10.1 Å². The van der Waals surface area contributed by atoms with Crippen molar-refractivity contribution in [2.24, 2.45) is 16.7 Å². The second-order valence-corrected chi connectivity index (χ2v) is 8.21. The highest BCUT2D eigenvalue weighted by molar-refractivity contribution is 8.01. The van der Waals surface area contributed by atoms with Gasteiger partial charge in [0.15, 0.2) is 0 Å². The highest BCUT2D eigenvalue weighted by Gasteiger charge is 2.69. The fourth-order valence-electron chi connectivity index (χ4n) is 4.81. The molecule has 21 heavy (non-hydrogen) atoms. The molecule has 1 N–H and O–H groups in total. The van der Waals surface area contributed by atoms with Crippen LogP contribution in [0.4, 0.5) is 0 Å². The van der Waals surface area contributed by atoms with Crippen molar-refractivity contribution in [2.75, 3.05) is 0 Å². The lowest BCUT2D eigenvalue weighted by atomic mass is 9.64. The Hall–Kier alpha value is -1.20. The van der Waals surface area contributed by atoms with E-state index in [9.17, 15) is 17.8 Å². The highest BCUT2D eigenvalue weighted by Crippen LogP contribution is 2.71. The van der Waals surface area contributed by atoms with Crippen molar-refractivity contribution >= 4 is 15.2 Å². The molecule has 0 saturated heterocycles. The Morgan fingerprint density at radius 2 is 1.86 bits per heavy atom. The van der Waals surface area contributed by atoms with Gasteiger partial charge in [0, 0.05) is 0 Å². The minimum Gasteiger partial charge on any atom is -0.280 e. The quantitative estimate of drug-likeness (QED) is 0.853. The molecule has 0 amide bonds. The molecule has 0 heterocycles. The molecule has 1 aromatic carbocycles. The SMILES string of the molecule is CC1(C)C2CCC1(C(=O)S(=O)(=O)O)C(c1ccccc1)C2. The molecule has 2 fully saturated rings. The van der Waals surface area contributed by atoms with Crippen molar-refractivity contribution in [1.29, 1.82) is 0 Å². The normalized spacial score (nSPS) is 34.0. The average Bonchev–Trinajstić information content (AvgIpc) is 2.82. The molecule has 2 aliphatic rings. The minimum atomic E-state index is -4.68. The molecule has 0 aromatic heterocycles. The number of rotatable bonds is 2. The van der Waals surface area contributed by atoms with E-state index < -0.39 is 26.1 Å². The van der Waals surface area contributed by atoms with Crippen LogP contribution in [0.2, 0.25) is 0 Å². The van der Waals surface area contributed by atoms with Gasteiger partial charge in [-0.2, -0.15) is 8.42 Å². The zero-order valence-electron chi connectivity index (χ0n) is 12.2. The lowest BCUT2D eigenvalue weighted by molar-refractivity contribution is -0.126. The smallest absolute Gasteiger partial charge is 0.280 e. The van der Waals surface area contributed by atoms with E-state index in [4.69, 9.17) is 0 Å². The largest absolute Gasteiger partial charge is 0.329 e. The number of carbonyl (C=O) groups is 1. The van der Waals surface area contributed by atoms with Crippen molar-refractivity contribution in [1.82, 2.24) is 0 Å². The zero-order valence-corrected chi connectivity index (χ0v) is 13.1. The molecular formula is C16H20O4S. The molecule has 2 aliphatic carbocycles. The number of carbonyl (C=O) groups excluding carboxylic acids is 1. The van der Waals surface area contributed by atoms with E-state index in [1.807, 2.05) is 44.2 Å². The first-order valence-electron chi connectivity index (χ1n) is 7.28. The number of hydrogen-bond donors (Lipinski definition) is 1. The summed E-state index contributed by atoms with van der Waals surface area (Å²) in [4.78, 5) is 12.6. The summed E-state index contributed by atoms with van der Waals surface area (Å²) in [7, 11) is -4.68. The van der Waals surface area contributed by atoms with E-state index in [-0.39, 0.29) is 5.92 Å². The summed E-state index contributed by atoms with van der Waals surface area (Å²) >= 11 is 0. The maximum atomic E-state index is 12.6. The van der Waals surface area contributed by atoms with Crippen molar-refractivity contribution in [2.45, 2.75) is 39.0 Å². The van der Waals surface area contributed by atoms with Crippen LogP contribution in [0.3, 0.4) is 0 Å². The van der Waals surface area contributed by atoms with Crippen molar-refractivity contribution in [3.63, 3.8) is 0 Å². The van der Waals surface area contributed by atoms with E-state index in [2.05, 4.69) is 0 Å². The van der Waals surface area contributed by atoms with Gasteiger partial charge in [0.1, 0.15) is 0 Å². The molecule has 1 aromatic rings. The molecule has 0 aliphatic heterocycles. The molecule has 5 heteroatoms.